The van der Waals surface area contributed by atoms with Gasteiger partial charge in [-0.3, -0.25) is 0 Å². The first-order chi connectivity index (χ1) is 1.41. The van der Waals surface area contributed by atoms with Gasteiger partial charge >= 0.3 is 0 Å². The molecule has 0 aromatic heterocycles. The molecule has 0 aliphatic rings. The van der Waals surface area contributed by atoms with E-state index in [1.807, 2.05) is 0 Å². The maximum Gasteiger partial charge on any atom is 0.129 e. The van der Waals surface area contributed by atoms with Crippen molar-refractivity contribution in [2.24, 2.45) is 0 Å². The molecule has 0 heterocycles. The van der Waals surface area contributed by atoms with Gasteiger partial charge in [-0.2, -0.15) is 0 Å². The van der Waals surface area contributed by atoms with E-state index in [0.29, 0.717) is 0 Å². The van der Waals surface area contributed by atoms with Crippen LogP contribution in [0.5, 0.6) is 0 Å². The van der Waals surface area contributed by atoms with Crippen molar-refractivity contribution in [3.05, 3.63) is 7.43 Å². The Bertz CT molecular complexity index is 9.61. The fourth-order valence-corrected chi connectivity index (χ4v) is 0. The Kier molecular flexibility index (Phi) is 64.6. The monoisotopic (exact) mass is 288 g/mol. The molecule has 0 spiro atoms. The van der Waals surface area contributed by atoms with Gasteiger partial charge < -0.3 is 11.5 Å². The molecule has 0 aromatic carbocycles. The smallest absolute Gasteiger partial charge is 0.129 e. The van der Waals surface area contributed by atoms with Gasteiger partial charge in [0.1, 0.15) is 21.0 Å². The van der Waals surface area contributed by atoms with E-state index < -0.39 is 0 Å². The molecule has 4 heteroatoms. The summed E-state index contributed by atoms with van der Waals surface area (Å²) in [5.41, 5.74) is 0. The molecule has 0 unspecified atom stereocenters. The van der Waals surface area contributed by atoms with Crippen LogP contribution in [0.3, 0.4) is 0 Å². The summed E-state index contributed by atoms with van der Waals surface area (Å²) in [6.07, 6.45) is 0. The summed E-state index contributed by atoms with van der Waals surface area (Å²) in [6, 6.07) is 0. The normalized spacial score (nSPS) is 4.80. The average Bonchev–Trinajstić information content (AvgIpc) is 0.918. The Labute approximate surface area is 53.8 Å². The van der Waals surface area contributed by atoms with Gasteiger partial charge in [-0.15, -0.1) is 0 Å². The third-order valence-corrected chi connectivity index (χ3v) is 0. The SMILES string of the molecule is [CH3-].[Pt].[SiH3]O[SiH3]. The summed E-state index contributed by atoms with van der Waals surface area (Å²) in [7, 11) is 1.86. The van der Waals surface area contributed by atoms with Gasteiger partial charge in [0.2, 0.25) is 0 Å². The molecule has 0 saturated carbocycles. The van der Waals surface area contributed by atoms with E-state index in [4.69, 9.17) is 0 Å². The molecule has 0 aliphatic carbocycles. The van der Waals surface area contributed by atoms with Crippen LogP contribution in [-0.4, -0.2) is 21.0 Å². The zero-order chi connectivity index (χ0) is 2.71. The van der Waals surface area contributed by atoms with Gasteiger partial charge in [-0.25, -0.2) is 0 Å². The molecule has 0 saturated heterocycles. The van der Waals surface area contributed by atoms with E-state index >= 15 is 0 Å². The predicted octanol–water partition coefficient (Wildman–Crippen LogP) is -1.99. The van der Waals surface area contributed by atoms with Crippen LogP contribution >= 0.6 is 0 Å². The molecule has 0 aliphatic heterocycles. The molecule has 0 aromatic rings. The van der Waals surface area contributed by atoms with Gasteiger partial charge in [-0.05, 0) is 0 Å². The molecule has 0 amide bonds. The minimum absolute atomic E-state index is 0. The first-order valence-corrected chi connectivity index (χ1v) is 2.45. The van der Waals surface area contributed by atoms with E-state index in [1.54, 1.807) is 0 Å². The van der Waals surface area contributed by atoms with Crippen LogP contribution in [0.25, 0.3) is 0 Å². The molecule has 0 N–H and O–H groups in total. The van der Waals surface area contributed by atoms with Crippen LogP contribution in [0.4, 0.5) is 0 Å². The second kappa shape index (κ2) is 19.5. The second-order valence-corrected chi connectivity index (χ2v) is 3.67. The van der Waals surface area contributed by atoms with Crippen LogP contribution in [-0.2, 0) is 25.2 Å². The summed E-state index contributed by atoms with van der Waals surface area (Å²) < 4.78 is 4.53. The largest absolute Gasteiger partial charge is 0.471 e. The molecule has 0 bridgehead atoms. The third-order valence-electron chi connectivity index (χ3n) is 0. The predicted molar refractivity (Wildman–Crippen MR) is 27.4 cm³/mol. The van der Waals surface area contributed by atoms with Crippen molar-refractivity contribution in [1.82, 2.24) is 0 Å². The van der Waals surface area contributed by atoms with Crippen LogP contribution in [0.1, 0.15) is 0 Å². The molecule has 0 radical (unpaired) electrons. The molecular formula is CH9OPtSi2-. The molecule has 0 atom stereocenters. The van der Waals surface area contributed by atoms with Gasteiger partial charge in [0, 0.05) is 21.1 Å². The average molecular weight is 288 g/mol. The Hall–Kier alpha value is 1.08. The van der Waals surface area contributed by atoms with E-state index in [2.05, 4.69) is 4.12 Å². The number of hydrogen-bond donors (Lipinski definition) is 0. The van der Waals surface area contributed by atoms with E-state index in [1.165, 1.54) is 0 Å². The Morgan fingerprint density at radius 2 is 1.20 bits per heavy atom. The number of rotatable bonds is 0. The van der Waals surface area contributed by atoms with Crippen molar-refractivity contribution in [1.29, 1.82) is 0 Å². The number of hydrogen-bond acceptors (Lipinski definition) is 1. The van der Waals surface area contributed by atoms with Gasteiger partial charge in [0.05, 0.1) is 0 Å². The molecule has 0 rings (SSSR count). The zero-order valence-corrected chi connectivity index (χ0v) is 10.00. The van der Waals surface area contributed by atoms with Crippen molar-refractivity contribution in [2.75, 3.05) is 0 Å². The first-order valence-electron chi connectivity index (χ1n) is 0.816. The Morgan fingerprint density at radius 1 is 1.20 bits per heavy atom. The fourth-order valence-electron chi connectivity index (χ4n) is 0. The van der Waals surface area contributed by atoms with Crippen molar-refractivity contribution in [3.63, 3.8) is 0 Å². The second-order valence-electron chi connectivity index (χ2n) is 0.408. The van der Waals surface area contributed by atoms with Crippen LogP contribution in [0, 0.1) is 7.43 Å². The van der Waals surface area contributed by atoms with Crippen molar-refractivity contribution in [3.8, 4) is 0 Å². The van der Waals surface area contributed by atoms with Gasteiger partial charge in [0.15, 0.2) is 0 Å². The van der Waals surface area contributed by atoms with E-state index in [-0.39, 0.29) is 28.5 Å². The molecule has 1 nitrogen and oxygen atoms in total. The Morgan fingerprint density at radius 3 is 1.20 bits per heavy atom. The quantitative estimate of drug-likeness (QED) is 0.370. The molecule has 38 valence electrons. The molecule has 5 heavy (non-hydrogen) atoms. The first kappa shape index (κ1) is 16.5. The zero-order valence-electron chi connectivity index (χ0n) is 3.72. The Balaban J connectivity index is -0.0000000200. The summed E-state index contributed by atoms with van der Waals surface area (Å²) in [4.78, 5) is 0. The van der Waals surface area contributed by atoms with Crippen LogP contribution in [0.15, 0.2) is 0 Å². The summed E-state index contributed by atoms with van der Waals surface area (Å²) in [6.45, 7) is 0. The molecule has 0 fully saturated rings. The summed E-state index contributed by atoms with van der Waals surface area (Å²) in [5.74, 6) is 0. The topological polar surface area (TPSA) is 9.23 Å². The van der Waals surface area contributed by atoms with Crippen molar-refractivity contribution >= 4 is 21.0 Å². The summed E-state index contributed by atoms with van der Waals surface area (Å²) in [5, 5.41) is 0. The van der Waals surface area contributed by atoms with Crippen molar-refractivity contribution < 1.29 is 25.2 Å². The van der Waals surface area contributed by atoms with Gasteiger partial charge in [0.25, 0.3) is 0 Å². The minimum atomic E-state index is 0. The van der Waals surface area contributed by atoms with Crippen LogP contribution in [0.2, 0.25) is 0 Å². The third kappa shape index (κ3) is 41.2. The van der Waals surface area contributed by atoms with E-state index in [0.717, 1.165) is 21.0 Å². The standard InChI is InChI=1S/CH3.H6OSi2.Pt/c;2-1-3;/h1H3;2-3H3;/q-1;;. The summed E-state index contributed by atoms with van der Waals surface area (Å²) >= 11 is 0. The van der Waals surface area contributed by atoms with Crippen molar-refractivity contribution in [2.45, 2.75) is 0 Å². The van der Waals surface area contributed by atoms with Crippen LogP contribution < -0.4 is 0 Å². The maximum absolute atomic E-state index is 4.53. The maximum atomic E-state index is 4.53. The van der Waals surface area contributed by atoms with E-state index in [9.17, 15) is 0 Å². The minimum Gasteiger partial charge on any atom is -0.471 e. The fraction of sp³-hybridized carbons (Fsp3) is 0. The van der Waals surface area contributed by atoms with Gasteiger partial charge in [-0.1, -0.05) is 0 Å². The molecular weight excluding hydrogens is 279 g/mol.